The van der Waals surface area contributed by atoms with Crippen LogP contribution in [-0.4, -0.2) is 123 Å². The summed E-state index contributed by atoms with van der Waals surface area (Å²) in [7, 11) is 0. The lowest BCUT2D eigenvalue weighted by Gasteiger charge is -2.29. The van der Waals surface area contributed by atoms with Crippen molar-refractivity contribution in [3.8, 4) is 56.5 Å². The quantitative estimate of drug-likeness (QED) is 0.0676. The Bertz CT molecular complexity index is 5060. The van der Waals surface area contributed by atoms with Crippen molar-refractivity contribution in [2.24, 2.45) is 0 Å². The van der Waals surface area contributed by atoms with Crippen molar-refractivity contribution in [3.63, 3.8) is 0 Å². The summed E-state index contributed by atoms with van der Waals surface area (Å²) in [5, 5.41) is 38.0. The number of H-pyrrole nitrogens is 4. The molecule has 6 N–H and O–H groups in total. The fraction of sp³-hybridized carbons (Fsp3) is 0.200. The molecule has 6 amide bonds. The first kappa shape index (κ1) is 75.2. The van der Waals surface area contributed by atoms with E-state index in [1.54, 1.807) is 70.2 Å². The zero-order chi connectivity index (χ0) is 75.4. The van der Waals surface area contributed by atoms with Crippen LogP contribution in [0.25, 0.3) is 45.0 Å². The Morgan fingerprint density at radius 1 is 0.454 bits per heavy atom. The number of para-hydroxylation sites is 1. The zero-order valence-corrected chi connectivity index (χ0v) is 61.7. The molecule has 552 valence electrons. The van der Waals surface area contributed by atoms with Crippen molar-refractivity contribution in [2.75, 3.05) is 43.4 Å². The molecule has 0 aliphatic carbocycles. The first-order chi connectivity index (χ1) is 52.3. The molecule has 0 saturated heterocycles. The number of aromatic amines is 4. The van der Waals surface area contributed by atoms with Crippen molar-refractivity contribution >= 4 is 93.3 Å². The molecule has 20 nitrogen and oxygen atoms in total. The predicted molar refractivity (Wildman–Crippen MR) is 412 cm³/mol. The minimum absolute atomic E-state index is 0.0131. The van der Waals surface area contributed by atoms with E-state index in [1.807, 2.05) is 138 Å². The van der Waals surface area contributed by atoms with E-state index in [9.17, 15) is 32.3 Å². The molecule has 0 saturated carbocycles. The number of carbonyl (C=O) groups is 4. The second-order valence-electron chi connectivity index (χ2n) is 25.6. The molecular formula is C80H70Cl5F3N14O6. The molecule has 0 bridgehead atoms. The summed E-state index contributed by atoms with van der Waals surface area (Å²) in [6.07, 6.45) is -2.23. The van der Waals surface area contributed by atoms with Gasteiger partial charge in [0.15, 0.2) is 12.7 Å². The van der Waals surface area contributed by atoms with Crippen molar-refractivity contribution in [1.82, 2.24) is 60.4 Å². The summed E-state index contributed by atoms with van der Waals surface area (Å²) < 4.78 is 49.5. The summed E-state index contributed by atoms with van der Waals surface area (Å²) in [6, 6.07) is 61.0. The third kappa shape index (κ3) is 18.0. The number of carbonyl (C=O) groups excluding carboxylic acids is 4. The highest BCUT2D eigenvalue weighted by molar-refractivity contribution is 6.44. The van der Waals surface area contributed by atoms with Gasteiger partial charge in [-0.25, -0.2) is 9.59 Å². The number of hydrogen-bond acceptors (Lipinski definition) is 10. The average molecular weight is 1560 g/mol. The van der Waals surface area contributed by atoms with Crippen molar-refractivity contribution in [1.29, 1.82) is 0 Å². The summed E-state index contributed by atoms with van der Waals surface area (Å²) in [4.78, 5) is 57.9. The van der Waals surface area contributed by atoms with Crippen LogP contribution in [0.2, 0.25) is 25.1 Å². The highest BCUT2D eigenvalue weighted by Crippen LogP contribution is 2.37. The molecule has 4 aliphatic rings. The number of amides is 6. The number of aromatic nitrogens is 8. The number of alkyl halides is 3. The Balaban J connectivity index is 0.000000127. The third-order valence-corrected chi connectivity index (χ3v) is 20.2. The van der Waals surface area contributed by atoms with Gasteiger partial charge in [0.2, 0.25) is 0 Å². The molecule has 4 aromatic heterocycles. The van der Waals surface area contributed by atoms with Gasteiger partial charge in [-0.1, -0.05) is 204 Å². The van der Waals surface area contributed by atoms with Gasteiger partial charge in [0, 0.05) is 137 Å². The van der Waals surface area contributed by atoms with Crippen LogP contribution in [0.4, 0.5) is 34.1 Å². The Hall–Kier alpha value is -11.1. The number of rotatable bonds is 12. The third-order valence-electron chi connectivity index (χ3n) is 18.5. The summed E-state index contributed by atoms with van der Waals surface area (Å²) in [5.74, 6) is 0.194. The smallest absolute Gasteiger partial charge is 0.416 e. The van der Waals surface area contributed by atoms with Gasteiger partial charge >= 0.3 is 18.2 Å². The van der Waals surface area contributed by atoms with E-state index in [0.29, 0.717) is 101 Å². The maximum absolute atomic E-state index is 12.9. The molecule has 4 aliphatic heterocycles. The van der Waals surface area contributed by atoms with E-state index in [1.165, 1.54) is 12.1 Å². The molecule has 8 aromatic carbocycles. The topological polar surface area (TPSA) is 238 Å². The van der Waals surface area contributed by atoms with Crippen LogP contribution >= 0.6 is 58.0 Å². The monoisotopic (exact) mass is 1550 g/mol. The Morgan fingerprint density at radius 2 is 0.861 bits per heavy atom. The number of fused-ring (bicyclic) bond motifs is 4. The Labute approximate surface area is 644 Å². The second kappa shape index (κ2) is 34.2. The molecule has 0 fully saturated rings. The highest BCUT2D eigenvalue weighted by Gasteiger charge is 2.34. The van der Waals surface area contributed by atoms with Gasteiger partial charge in [-0.2, -0.15) is 33.6 Å². The number of nitrogens with one attached hydrogen (secondary N) is 6. The van der Waals surface area contributed by atoms with Crippen LogP contribution < -0.4 is 20.1 Å². The van der Waals surface area contributed by atoms with Crippen LogP contribution in [0.1, 0.15) is 57.5 Å². The molecular weight excluding hydrogens is 1490 g/mol. The number of benzene rings is 8. The molecule has 0 radical (unpaired) electrons. The summed E-state index contributed by atoms with van der Waals surface area (Å²) >= 11 is 30.4. The predicted octanol–water partition coefficient (Wildman–Crippen LogP) is 18.1. The maximum atomic E-state index is 12.9. The average Bonchev–Trinajstić information content (AvgIpc) is 1.65. The fourth-order valence-electron chi connectivity index (χ4n) is 12.9. The molecule has 12 aromatic rings. The minimum atomic E-state index is -4.46. The Kier molecular flexibility index (Phi) is 23.8. The number of hydrogen-bond donors (Lipinski definition) is 6. The number of ether oxygens (including phenoxy) is 2. The highest BCUT2D eigenvalue weighted by atomic mass is 35.5. The van der Waals surface area contributed by atoms with Gasteiger partial charge in [0.25, 0.3) is 11.8 Å². The molecule has 0 spiro atoms. The number of urea groups is 2. The van der Waals surface area contributed by atoms with E-state index in [4.69, 9.17) is 67.5 Å². The van der Waals surface area contributed by atoms with E-state index in [-0.39, 0.29) is 36.2 Å². The normalized spacial score (nSPS) is 13.8. The number of anilines is 2. The van der Waals surface area contributed by atoms with Gasteiger partial charge < -0.3 is 39.7 Å². The first-order valence-corrected chi connectivity index (χ1v) is 36.4. The van der Waals surface area contributed by atoms with Crippen LogP contribution in [0, 0.1) is 0 Å². The molecule has 1 unspecified atom stereocenters. The van der Waals surface area contributed by atoms with E-state index >= 15 is 0 Å². The Morgan fingerprint density at radius 3 is 1.33 bits per heavy atom. The van der Waals surface area contributed by atoms with Gasteiger partial charge in [0.1, 0.15) is 11.5 Å². The molecule has 16 rings (SSSR count). The van der Waals surface area contributed by atoms with Crippen LogP contribution in [0.15, 0.2) is 206 Å². The zero-order valence-electron chi connectivity index (χ0n) is 58.0. The minimum Gasteiger partial charge on any atom is -0.484 e. The maximum Gasteiger partial charge on any atom is 0.416 e. The van der Waals surface area contributed by atoms with E-state index < -0.39 is 17.8 Å². The lowest BCUT2D eigenvalue weighted by Crippen LogP contribution is -2.43. The first-order valence-electron chi connectivity index (χ1n) is 34.5. The van der Waals surface area contributed by atoms with E-state index in [0.717, 1.165) is 121 Å². The number of halogens is 8. The fourth-order valence-corrected chi connectivity index (χ4v) is 13.8. The standard InChI is InChI=1S/C21H20ClN3O2.C21H18F3N3O2.2C19H16Cl2N4O/c1-14(27-19-10-6-5-9-17(19)22)21(26)25-12-11-18-16(13-25)20(24-23-18)15-7-3-2-4-8-15;22-21(23,24)15-7-4-8-16(11-15)29-13-19(28)27-10-9-18-17(12-27)20(26-25-18)14-5-2-1-3-6-14;20-14-7-4-8-16(17(14)21)22-19(26)25-10-9-15-13(11-25)18(24-23-15)12-5-2-1-3-6-12;20-13-6-7-15(21)17(10-13)22-19(26)25-9-8-16-14(11-25)18(24-23-16)12-4-2-1-3-5-12/h2-10,14H,11-13H2,1H3,(H,23,24);1-8,11H,9-10,12-13H2,(H,25,26);1-8H,9-11H2,(H,22,26)(H,23,24);1-7,10H,8-9,11H2,(H,22,26)(H,23,24). The summed E-state index contributed by atoms with van der Waals surface area (Å²) in [6.45, 7) is 5.64. The van der Waals surface area contributed by atoms with E-state index in [2.05, 4.69) is 51.4 Å². The van der Waals surface area contributed by atoms with Gasteiger partial charge in [-0.05, 0) is 67.6 Å². The molecule has 108 heavy (non-hydrogen) atoms. The summed E-state index contributed by atoms with van der Waals surface area (Å²) in [5.41, 5.74) is 16.1. The van der Waals surface area contributed by atoms with Crippen molar-refractivity contribution < 1.29 is 41.8 Å². The largest absolute Gasteiger partial charge is 0.484 e. The molecule has 8 heterocycles. The van der Waals surface area contributed by atoms with Gasteiger partial charge in [0.05, 0.1) is 72.9 Å². The van der Waals surface area contributed by atoms with Crippen molar-refractivity contribution in [3.05, 3.63) is 282 Å². The molecule has 1 atom stereocenters. The number of nitrogens with zero attached hydrogens (tertiary/aromatic N) is 8. The van der Waals surface area contributed by atoms with Crippen LogP contribution in [0.3, 0.4) is 0 Å². The van der Waals surface area contributed by atoms with Gasteiger partial charge in [-0.3, -0.25) is 30.0 Å². The van der Waals surface area contributed by atoms with Crippen LogP contribution in [-0.2, 0) is 67.6 Å². The SMILES string of the molecule is CC(Oc1ccccc1Cl)C(=O)N1CCc2[nH]nc(-c3ccccc3)c2C1.O=C(COc1cccc(C(F)(F)F)c1)N1CCc2[nH]nc(-c3ccccc3)c2C1.O=C(Nc1cc(Cl)ccc1Cl)N1CCc2[nH]nc(-c3ccccc3)c2C1.O=C(Nc1cccc(Cl)c1Cl)N1CCc2[nH]nc(-c3ccccc3)c2C1. The van der Waals surface area contributed by atoms with Gasteiger partial charge in [-0.15, -0.1) is 0 Å². The lowest BCUT2D eigenvalue weighted by molar-refractivity contribution is -0.139. The lowest BCUT2D eigenvalue weighted by atomic mass is 10.0. The van der Waals surface area contributed by atoms with Crippen LogP contribution in [0.5, 0.6) is 11.5 Å². The van der Waals surface area contributed by atoms with Crippen molar-refractivity contribution in [2.45, 2.75) is 71.1 Å². The molecule has 28 heteroatoms. The second-order valence-corrected chi connectivity index (χ2v) is 27.6.